The number of carbonyl (C=O) groups excluding carboxylic acids is 1. The molecular weight excluding hydrogens is 464 g/mol. The lowest BCUT2D eigenvalue weighted by atomic mass is 10.1. The smallest absolute Gasteiger partial charge is 0.435 e. The molecule has 0 aliphatic carbocycles. The molecule has 0 radical (unpaired) electrons. The molecule has 1 amide bonds. The lowest BCUT2D eigenvalue weighted by molar-refractivity contribution is -0.141. The molecule has 1 aromatic carbocycles. The van der Waals surface area contributed by atoms with Crippen LogP contribution in [-0.4, -0.2) is 46.0 Å². The van der Waals surface area contributed by atoms with Crippen molar-refractivity contribution in [2.45, 2.75) is 38.5 Å². The summed E-state index contributed by atoms with van der Waals surface area (Å²) in [6.07, 6.45) is -2.97. The molecule has 1 aromatic heterocycles. The van der Waals surface area contributed by atoms with Crippen LogP contribution < -0.4 is 10.3 Å². The molecule has 13 heteroatoms. The number of benzene rings is 1. The normalized spacial score (nSPS) is 16.4. The molecule has 0 spiro atoms. The second kappa shape index (κ2) is 9.12. The van der Waals surface area contributed by atoms with Gasteiger partial charge in [0, 0.05) is 19.5 Å². The van der Waals surface area contributed by atoms with Crippen molar-refractivity contribution in [3.8, 4) is 0 Å². The molecule has 0 unspecified atom stereocenters. The molecule has 4 rings (SSSR count). The number of fused-ring (bicyclic) bond motifs is 1. The van der Waals surface area contributed by atoms with Gasteiger partial charge in [-0.05, 0) is 30.5 Å². The number of halogens is 4. The van der Waals surface area contributed by atoms with E-state index in [1.807, 2.05) is 0 Å². The van der Waals surface area contributed by atoms with E-state index in [-0.39, 0.29) is 24.1 Å². The van der Waals surface area contributed by atoms with Crippen LogP contribution in [0.3, 0.4) is 0 Å². The van der Waals surface area contributed by atoms with E-state index in [0.29, 0.717) is 38.0 Å². The second-order valence-electron chi connectivity index (χ2n) is 7.63. The van der Waals surface area contributed by atoms with E-state index in [9.17, 15) is 22.4 Å². The summed E-state index contributed by atoms with van der Waals surface area (Å²) < 4.78 is 63.1. The zero-order chi connectivity index (χ0) is 23.8. The Kier molecular flexibility index (Phi) is 6.41. The summed E-state index contributed by atoms with van der Waals surface area (Å²) in [5, 5.41) is 8.07. The second-order valence-corrected chi connectivity index (χ2v) is 8.12. The molecule has 2 aliphatic heterocycles. The topological polar surface area (TPSA) is 75.0 Å². The van der Waals surface area contributed by atoms with Crippen LogP contribution in [0, 0.1) is 5.82 Å². The number of nitrogens with zero attached hydrogens (tertiary/aromatic N) is 5. The van der Waals surface area contributed by atoms with Gasteiger partial charge in [0.25, 0.3) is 5.91 Å². The summed E-state index contributed by atoms with van der Waals surface area (Å²) in [6.45, 7) is 0.971. The molecule has 0 fully saturated rings. The highest BCUT2D eigenvalue weighted by atomic mass is 32.1. The molecule has 2 aromatic rings. The molecule has 0 saturated carbocycles. The van der Waals surface area contributed by atoms with Crippen LogP contribution in [0.2, 0.25) is 0 Å². The maximum absolute atomic E-state index is 14.7. The van der Waals surface area contributed by atoms with Crippen molar-refractivity contribution in [2.75, 3.05) is 25.2 Å². The Morgan fingerprint density at radius 1 is 1.24 bits per heavy atom. The van der Waals surface area contributed by atoms with Gasteiger partial charge in [0.05, 0.1) is 25.9 Å². The Bertz CT molecular complexity index is 1090. The van der Waals surface area contributed by atoms with E-state index in [4.69, 9.17) is 4.74 Å². The van der Waals surface area contributed by atoms with Crippen LogP contribution in [0.15, 0.2) is 23.3 Å². The number of rotatable bonds is 4. The number of hydrogen-bond acceptors (Lipinski definition) is 7. The highest BCUT2D eigenvalue weighted by molar-refractivity contribution is 7.78. The predicted octanol–water partition coefficient (Wildman–Crippen LogP) is 3.19. The van der Waals surface area contributed by atoms with Gasteiger partial charge in [-0.3, -0.25) is 14.1 Å². The zero-order valence-electron chi connectivity index (χ0n) is 17.7. The highest BCUT2D eigenvalue weighted by Gasteiger charge is 2.41. The van der Waals surface area contributed by atoms with E-state index in [1.54, 1.807) is 6.07 Å². The first kappa shape index (κ1) is 23.2. The van der Waals surface area contributed by atoms with Crippen LogP contribution in [0.1, 0.15) is 40.4 Å². The average molecular weight is 486 g/mol. The molecule has 0 saturated heterocycles. The van der Waals surface area contributed by atoms with Crippen molar-refractivity contribution in [1.82, 2.24) is 19.2 Å². The quantitative estimate of drug-likeness (QED) is 0.513. The van der Waals surface area contributed by atoms with Gasteiger partial charge in [-0.15, -0.1) is 5.10 Å². The molecule has 2 aliphatic rings. The van der Waals surface area contributed by atoms with Crippen molar-refractivity contribution >= 4 is 30.4 Å². The number of thiol groups is 1. The fraction of sp³-hybridized carbons (Fsp3) is 0.450. The van der Waals surface area contributed by atoms with Crippen molar-refractivity contribution < 1.29 is 27.1 Å². The predicted molar refractivity (Wildman–Crippen MR) is 115 cm³/mol. The van der Waals surface area contributed by atoms with Crippen LogP contribution in [0.25, 0.3) is 0 Å². The van der Waals surface area contributed by atoms with Gasteiger partial charge in [0.2, 0.25) is 0 Å². The van der Waals surface area contributed by atoms with Crippen LogP contribution in [0.5, 0.6) is 0 Å². The van der Waals surface area contributed by atoms with Gasteiger partial charge < -0.3 is 14.6 Å². The number of nitrogens with one attached hydrogen (secondary N) is 1. The summed E-state index contributed by atoms with van der Waals surface area (Å²) in [7, 11) is 1.43. The molecule has 3 heterocycles. The van der Waals surface area contributed by atoms with Crippen molar-refractivity contribution in [2.24, 2.45) is 5.10 Å². The summed E-state index contributed by atoms with van der Waals surface area (Å²) in [6, 6.07) is 4.49. The average Bonchev–Trinajstić information content (AvgIpc) is 3.18. The first-order valence-electron chi connectivity index (χ1n) is 10.3. The largest absolute Gasteiger partial charge is 0.467 e. The lowest BCUT2D eigenvalue weighted by Crippen LogP contribution is -2.39. The molecular formula is C20H22F4N6O2S. The van der Waals surface area contributed by atoms with Crippen LogP contribution in [-0.2, 0) is 30.4 Å². The summed E-state index contributed by atoms with van der Waals surface area (Å²) in [5.74, 6) is -1.23. The number of ether oxygens (including phenoxy) is 1. The molecule has 178 valence electrons. The molecule has 33 heavy (non-hydrogen) atoms. The first-order chi connectivity index (χ1) is 15.7. The van der Waals surface area contributed by atoms with Gasteiger partial charge in [-0.25, -0.2) is 9.37 Å². The Balaban J connectivity index is 1.50. The van der Waals surface area contributed by atoms with Crippen molar-refractivity contribution in [1.29, 1.82) is 0 Å². The highest BCUT2D eigenvalue weighted by Crippen LogP contribution is 2.33. The van der Waals surface area contributed by atoms with Gasteiger partial charge >= 0.3 is 12.2 Å². The van der Waals surface area contributed by atoms with Crippen LogP contribution >= 0.6 is 12.8 Å². The number of amidine groups is 1. The lowest BCUT2D eigenvalue weighted by Gasteiger charge is -2.30. The van der Waals surface area contributed by atoms with E-state index in [1.165, 1.54) is 33.1 Å². The van der Waals surface area contributed by atoms with Gasteiger partial charge in [0.15, 0.2) is 5.69 Å². The summed E-state index contributed by atoms with van der Waals surface area (Å²) in [5.41, 5.74) is -1.10. The van der Waals surface area contributed by atoms with Gasteiger partial charge in [-0.2, -0.15) is 13.2 Å². The fourth-order valence-electron chi connectivity index (χ4n) is 3.86. The van der Waals surface area contributed by atoms with Crippen molar-refractivity contribution in [3.63, 3.8) is 0 Å². The number of anilines is 1. The molecule has 0 atom stereocenters. The summed E-state index contributed by atoms with van der Waals surface area (Å²) in [4.78, 5) is 16.4. The number of methoxy groups -OCH3 is 1. The maximum Gasteiger partial charge on any atom is 0.435 e. The minimum absolute atomic E-state index is 0.148. The number of alkyl halides is 3. The number of carbonyl (C=O) groups is 1. The zero-order valence-corrected chi connectivity index (χ0v) is 18.6. The maximum atomic E-state index is 14.7. The van der Waals surface area contributed by atoms with E-state index in [0.717, 1.165) is 6.42 Å². The number of amides is 1. The van der Waals surface area contributed by atoms with Crippen molar-refractivity contribution in [3.05, 3.63) is 46.8 Å². The van der Waals surface area contributed by atoms with Gasteiger partial charge in [0.1, 0.15) is 17.3 Å². The fourth-order valence-corrected chi connectivity index (χ4v) is 4.07. The third kappa shape index (κ3) is 4.72. The molecule has 0 bridgehead atoms. The Labute approximate surface area is 192 Å². The number of aromatic nitrogens is 2. The Morgan fingerprint density at radius 3 is 2.73 bits per heavy atom. The van der Waals surface area contributed by atoms with E-state index in [2.05, 4.69) is 28.2 Å². The third-order valence-electron chi connectivity index (χ3n) is 5.44. The Morgan fingerprint density at radius 2 is 2.03 bits per heavy atom. The number of hydrogen-bond donors (Lipinski definition) is 2. The Hall–Kier alpha value is -2.96. The van der Waals surface area contributed by atoms with E-state index < -0.39 is 29.3 Å². The molecule has 1 N–H and O–H groups in total. The monoisotopic (exact) mass is 486 g/mol. The van der Waals surface area contributed by atoms with E-state index >= 15 is 0 Å². The minimum atomic E-state index is -4.75. The number of aryl methyl sites for hydroxylation is 1. The third-order valence-corrected chi connectivity index (χ3v) is 5.81. The summed E-state index contributed by atoms with van der Waals surface area (Å²) >= 11 is 4.20. The minimum Gasteiger partial charge on any atom is -0.467 e. The number of imidazole rings is 1. The molecule has 8 nitrogen and oxygen atoms in total. The SMILES string of the molecule is COC1=NN(c2ccc(CNC(=O)c3c(C(F)(F)F)nc4n3CCCC4)cc2F)CCN1S. The number of hydrazone groups is 1. The first-order valence-corrected chi connectivity index (χ1v) is 10.7. The van der Waals surface area contributed by atoms with Gasteiger partial charge in [-0.1, -0.05) is 18.9 Å². The van der Waals surface area contributed by atoms with Crippen LogP contribution in [0.4, 0.5) is 23.2 Å². The standard InChI is InChI=1S/C20H22F4N6O2S/c1-32-19-27-29(8-9-30(19)33)14-6-5-12(10-13(14)21)11-25-18(31)16-17(20(22,23)24)26-15-4-2-3-7-28(15)16/h5-6,10,33H,2-4,7-9,11H2,1H3,(H,25,31).